The molecule has 5 heteroatoms. The van der Waals surface area contributed by atoms with E-state index in [0.29, 0.717) is 6.04 Å². The Balaban J connectivity index is 2.39. The van der Waals surface area contributed by atoms with Crippen molar-refractivity contribution in [3.8, 4) is 0 Å². The molecular formula is C14H20BrN3O. The van der Waals surface area contributed by atoms with Gasteiger partial charge in [0, 0.05) is 28.8 Å². The largest absolute Gasteiger partial charge is 0.371 e. The van der Waals surface area contributed by atoms with Crippen molar-refractivity contribution in [3.63, 3.8) is 0 Å². The van der Waals surface area contributed by atoms with E-state index in [9.17, 15) is 4.79 Å². The van der Waals surface area contributed by atoms with Gasteiger partial charge in [0.2, 0.25) is 5.91 Å². The van der Waals surface area contributed by atoms with Crippen LogP contribution in [0.5, 0.6) is 0 Å². The Morgan fingerprint density at radius 3 is 2.63 bits per heavy atom. The van der Waals surface area contributed by atoms with E-state index in [2.05, 4.69) is 47.0 Å². The van der Waals surface area contributed by atoms with Crippen LogP contribution in [-0.2, 0) is 4.79 Å². The third kappa shape index (κ3) is 2.49. The molecule has 1 amide bonds. The average molecular weight is 326 g/mol. The number of benzene rings is 1. The zero-order valence-corrected chi connectivity index (χ0v) is 13.1. The van der Waals surface area contributed by atoms with Crippen molar-refractivity contribution in [2.75, 3.05) is 17.3 Å². The maximum Gasteiger partial charge on any atom is 0.245 e. The second-order valence-corrected chi connectivity index (χ2v) is 5.79. The van der Waals surface area contributed by atoms with Crippen LogP contribution in [0, 0.1) is 0 Å². The minimum atomic E-state index is -0.557. The Kier molecular flexibility index (Phi) is 4.16. The lowest BCUT2D eigenvalue weighted by molar-refractivity contribution is -0.116. The summed E-state index contributed by atoms with van der Waals surface area (Å²) in [5, 5.41) is 2.83. The number of anilines is 2. The molecule has 4 nitrogen and oxygen atoms in total. The van der Waals surface area contributed by atoms with E-state index in [1.165, 1.54) is 0 Å². The summed E-state index contributed by atoms with van der Waals surface area (Å²) in [4.78, 5) is 13.9. The predicted molar refractivity (Wildman–Crippen MR) is 82.5 cm³/mol. The van der Waals surface area contributed by atoms with E-state index >= 15 is 0 Å². The molecule has 1 aromatic carbocycles. The van der Waals surface area contributed by atoms with Gasteiger partial charge < -0.3 is 16.0 Å². The van der Waals surface area contributed by atoms with Crippen LogP contribution in [0.3, 0.4) is 0 Å². The molecule has 0 saturated carbocycles. The Labute approximate surface area is 122 Å². The SMILES string of the molecule is CCC(CC)N(C)c1cc2c(cc1Br)C(N)C(=O)N2. The second kappa shape index (κ2) is 5.51. The summed E-state index contributed by atoms with van der Waals surface area (Å²) >= 11 is 3.59. The molecule has 0 spiro atoms. The first kappa shape index (κ1) is 14.3. The summed E-state index contributed by atoms with van der Waals surface area (Å²) in [6.07, 6.45) is 2.17. The van der Waals surface area contributed by atoms with E-state index in [0.717, 1.165) is 34.3 Å². The molecule has 1 aliphatic heterocycles. The van der Waals surface area contributed by atoms with Gasteiger partial charge in [0.05, 0.1) is 5.69 Å². The van der Waals surface area contributed by atoms with Crippen molar-refractivity contribution >= 4 is 33.2 Å². The first-order chi connectivity index (χ1) is 8.99. The van der Waals surface area contributed by atoms with E-state index in [-0.39, 0.29) is 5.91 Å². The third-order valence-electron chi connectivity index (χ3n) is 3.86. The van der Waals surface area contributed by atoms with E-state index in [4.69, 9.17) is 5.73 Å². The fourth-order valence-corrected chi connectivity index (χ4v) is 3.24. The van der Waals surface area contributed by atoms with Crippen molar-refractivity contribution in [1.82, 2.24) is 0 Å². The topological polar surface area (TPSA) is 58.4 Å². The van der Waals surface area contributed by atoms with Crippen molar-refractivity contribution in [3.05, 3.63) is 22.2 Å². The zero-order valence-electron chi connectivity index (χ0n) is 11.5. The number of nitrogens with two attached hydrogens (primary N) is 1. The highest BCUT2D eigenvalue weighted by atomic mass is 79.9. The molecule has 2 rings (SSSR count). The van der Waals surface area contributed by atoms with Gasteiger partial charge in [-0.2, -0.15) is 0 Å². The van der Waals surface area contributed by atoms with Gasteiger partial charge in [-0.3, -0.25) is 4.79 Å². The molecular weight excluding hydrogens is 306 g/mol. The number of hydrogen-bond acceptors (Lipinski definition) is 3. The highest BCUT2D eigenvalue weighted by Gasteiger charge is 2.29. The van der Waals surface area contributed by atoms with Gasteiger partial charge in [-0.1, -0.05) is 13.8 Å². The van der Waals surface area contributed by atoms with Crippen LogP contribution < -0.4 is 16.0 Å². The van der Waals surface area contributed by atoms with Crippen LogP contribution in [-0.4, -0.2) is 19.0 Å². The third-order valence-corrected chi connectivity index (χ3v) is 4.50. The fraction of sp³-hybridized carbons (Fsp3) is 0.500. The summed E-state index contributed by atoms with van der Waals surface area (Å²) in [7, 11) is 2.08. The van der Waals surface area contributed by atoms with E-state index in [1.807, 2.05) is 12.1 Å². The summed E-state index contributed by atoms with van der Waals surface area (Å²) in [6.45, 7) is 4.37. The molecule has 1 unspecified atom stereocenters. The smallest absolute Gasteiger partial charge is 0.245 e. The molecule has 0 aromatic heterocycles. The summed E-state index contributed by atoms with van der Waals surface area (Å²) in [5.41, 5.74) is 8.62. The molecule has 19 heavy (non-hydrogen) atoms. The molecule has 0 fully saturated rings. The highest BCUT2D eigenvalue weighted by Crippen LogP contribution is 2.38. The number of amides is 1. The number of halogens is 1. The lowest BCUT2D eigenvalue weighted by atomic mass is 10.1. The standard InChI is InChI=1S/C14H20BrN3O/c1-4-8(5-2)18(3)12-7-11-9(6-10(12)15)13(16)14(19)17-11/h6-8,13H,4-5,16H2,1-3H3,(H,17,19). The van der Waals surface area contributed by atoms with Crippen LogP contribution in [0.4, 0.5) is 11.4 Å². The Morgan fingerprint density at radius 2 is 2.05 bits per heavy atom. The molecule has 0 aliphatic carbocycles. The van der Waals surface area contributed by atoms with Gasteiger partial charge in [0.15, 0.2) is 0 Å². The van der Waals surface area contributed by atoms with Crippen LogP contribution in [0.15, 0.2) is 16.6 Å². The van der Waals surface area contributed by atoms with Crippen molar-refractivity contribution in [1.29, 1.82) is 0 Å². The van der Waals surface area contributed by atoms with Gasteiger partial charge in [-0.25, -0.2) is 0 Å². The van der Waals surface area contributed by atoms with Crippen molar-refractivity contribution in [2.45, 2.75) is 38.8 Å². The molecule has 3 N–H and O–H groups in total. The quantitative estimate of drug-likeness (QED) is 0.894. The number of carbonyl (C=O) groups is 1. The number of fused-ring (bicyclic) bond motifs is 1. The van der Waals surface area contributed by atoms with Crippen molar-refractivity contribution < 1.29 is 4.79 Å². The number of hydrogen-bond donors (Lipinski definition) is 2. The Bertz CT molecular complexity index is 500. The van der Waals surface area contributed by atoms with E-state index < -0.39 is 6.04 Å². The Morgan fingerprint density at radius 1 is 1.42 bits per heavy atom. The molecule has 0 radical (unpaired) electrons. The summed E-state index contributed by atoms with van der Waals surface area (Å²) in [5.74, 6) is -0.135. The van der Waals surface area contributed by atoms with Gasteiger partial charge in [-0.05, 0) is 40.9 Å². The van der Waals surface area contributed by atoms with Gasteiger partial charge >= 0.3 is 0 Å². The zero-order chi connectivity index (χ0) is 14.2. The number of carbonyl (C=O) groups excluding carboxylic acids is 1. The highest BCUT2D eigenvalue weighted by molar-refractivity contribution is 9.10. The average Bonchev–Trinajstić information content (AvgIpc) is 2.66. The maximum absolute atomic E-state index is 11.6. The fourth-order valence-electron chi connectivity index (χ4n) is 2.60. The normalized spacial score (nSPS) is 17.6. The van der Waals surface area contributed by atoms with Gasteiger partial charge in [0.1, 0.15) is 6.04 Å². The first-order valence-electron chi connectivity index (χ1n) is 6.62. The molecule has 104 valence electrons. The first-order valence-corrected chi connectivity index (χ1v) is 7.41. The molecule has 0 saturated heterocycles. The van der Waals surface area contributed by atoms with Crippen LogP contribution in [0.2, 0.25) is 0 Å². The molecule has 1 aromatic rings. The number of rotatable bonds is 4. The molecule has 1 atom stereocenters. The minimum Gasteiger partial charge on any atom is -0.371 e. The second-order valence-electron chi connectivity index (χ2n) is 4.94. The van der Waals surface area contributed by atoms with Crippen LogP contribution >= 0.6 is 15.9 Å². The summed E-state index contributed by atoms with van der Waals surface area (Å²) < 4.78 is 0.979. The molecule has 1 aliphatic rings. The minimum absolute atomic E-state index is 0.135. The maximum atomic E-state index is 11.6. The number of nitrogens with zero attached hydrogens (tertiary/aromatic N) is 1. The number of nitrogens with one attached hydrogen (secondary N) is 1. The lowest BCUT2D eigenvalue weighted by Crippen LogP contribution is -2.30. The lowest BCUT2D eigenvalue weighted by Gasteiger charge is -2.29. The van der Waals surface area contributed by atoms with Crippen LogP contribution in [0.25, 0.3) is 0 Å². The summed E-state index contributed by atoms with van der Waals surface area (Å²) in [6, 6.07) is 3.88. The monoisotopic (exact) mass is 325 g/mol. The van der Waals surface area contributed by atoms with Crippen LogP contribution in [0.1, 0.15) is 38.3 Å². The molecule has 0 bridgehead atoms. The molecule has 1 heterocycles. The van der Waals surface area contributed by atoms with Gasteiger partial charge in [0.25, 0.3) is 0 Å². The van der Waals surface area contributed by atoms with E-state index in [1.54, 1.807) is 0 Å². The van der Waals surface area contributed by atoms with Crippen molar-refractivity contribution in [2.24, 2.45) is 5.73 Å². The van der Waals surface area contributed by atoms with Gasteiger partial charge in [-0.15, -0.1) is 0 Å². The Hall–Kier alpha value is -1.07. The predicted octanol–water partition coefficient (Wildman–Crippen LogP) is 3.03.